The van der Waals surface area contributed by atoms with Crippen molar-refractivity contribution in [3.05, 3.63) is 0 Å². The Hall–Kier alpha value is -0.290. The quantitative estimate of drug-likeness (QED) is 0.590. The van der Waals surface area contributed by atoms with Gasteiger partial charge in [-0.05, 0) is 61.7 Å². The number of rotatable bonds is 5. The van der Waals surface area contributed by atoms with Gasteiger partial charge in [0, 0.05) is 12.5 Å². The lowest BCUT2D eigenvalue weighted by molar-refractivity contribution is -0.135. The van der Waals surface area contributed by atoms with Crippen molar-refractivity contribution >= 4 is 0 Å². The third kappa shape index (κ3) is 2.16. The predicted octanol–water partition coefficient (Wildman–Crippen LogP) is 2.84. The molecule has 0 heterocycles. The van der Waals surface area contributed by atoms with E-state index in [1.165, 1.54) is 19.3 Å². The van der Waals surface area contributed by atoms with Crippen LogP contribution in [0.25, 0.3) is 0 Å². The third-order valence-corrected chi connectivity index (χ3v) is 5.45. The lowest BCUT2D eigenvalue weighted by Gasteiger charge is -2.20. The van der Waals surface area contributed by atoms with Crippen LogP contribution in [0.4, 0.5) is 13.2 Å². The molecular formula is C13H21F3N2. The highest BCUT2D eigenvalue weighted by atomic mass is 19.4. The number of nitrogens with one attached hydrogen (secondary N) is 1. The van der Waals surface area contributed by atoms with E-state index in [-0.39, 0.29) is 12.5 Å². The fourth-order valence-electron chi connectivity index (χ4n) is 4.84. The summed E-state index contributed by atoms with van der Waals surface area (Å²) in [5, 5.41) is 0. The summed E-state index contributed by atoms with van der Waals surface area (Å²) in [6.07, 6.45) is 0.0878. The van der Waals surface area contributed by atoms with Crippen molar-refractivity contribution in [1.82, 2.24) is 5.43 Å². The van der Waals surface area contributed by atoms with Crippen LogP contribution >= 0.6 is 0 Å². The van der Waals surface area contributed by atoms with Crippen LogP contribution in [0, 0.1) is 29.6 Å². The average molecular weight is 262 g/mol. The van der Waals surface area contributed by atoms with Crippen LogP contribution in [0.1, 0.15) is 38.5 Å². The standard InChI is InChI=1S/C13H21F3N2/c14-13(15,16)5-1-2-9(18-17)12-10-7-3-4-8(6-7)11(10)12/h7-12,18H,1-6,17H2. The molecule has 0 aliphatic heterocycles. The lowest BCUT2D eigenvalue weighted by Crippen LogP contribution is -2.38. The van der Waals surface area contributed by atoms with Crippen molar-refractivity contribution in [3.63, 3.8) is 0 Å². The molecule has 2 nitrogen and oxygen atoms in total. The SMILES string of the molecule is NNC(CCCC(F)(F)F)C1C2C3CCC(C3)C21. The first-order valence-electron chi connectivity index (χ1n) is 7.04. The number of halogens is 3. The number of hydrazine groups is 1. The van der Waals surface area contributed by atoms with E-state index in [0.717, 1.165) is 23.7 Å². The molecule has 0 aromatic rings. The number of hydrogen-bond donors (Lipinski definition) is 2. The van der Waals surface area contributed by atoms with E-state index >= 15 is 0 Å². The number of fused-ring (bicyclic) bond motifs is 5. The summed E-state index contributed by atoms with van der Waals surface area (Å²) in [6.45, 7) is 0. The van der Waals surface area contributed by atoms with Gasteiger partial charge in [-0.3, -0.25) is 11.3 Å². The van der Waals surface area contributed by atoms with Crippen molar-refractivity contribution in [3.8, 4) is 0 Å². The van der Waals surface area contributed by atoms with Gasteiger partial charge >= 0.3 is 6.18 Å². The summed E-state index contributed by atoms with van der Waals surface area (Å²) < 4.78 is 36.4. The highest BCUT2D eigenvalue weighted by molar-refractivity contribution is 5.15. The van der Waals surface area contributed by atoms with E-state index in [1.807, 2.05) is 0 Å². The molecule has 5 unspecified atom stereocenters. The highest BCUT2D eigenvalue weighted by Gasteiger charge is 2.66. The summed E-state index contributed by atoms with van der Waals surface area (Å²) in [5.74, 6) is 9.36. The zero-order valence-electron chi connectivity index (χ0n) is 10.4. The van der Waals surface area contributed by atoms with E-state index < -0.39 is 12.6 Å². The van der Waals surface area contributed by atoms with Gasteiger partial charge in [-0.2, -0.15) is 13.2 Å². The van der Waals surface area contributed by atoms with Gasteiger partial charge in [-0.1, -0.05) is 0 Å². The Morgan fingerprint density at radius 1 is 1.17 bits per heavy atom. The molecule has 5 heteroatoms. The van der Waals surface area contributed by atoms with Crippen molar-refractivity contribution in [1.29, 1.82) is 0 Å². The van der Waals surface area contributed by atoms with Gasteiger partial charge in [0.1, 0.15) is 0 Å². The Bertz CT molecular complexity index is 302. The molecule has 0 spiro atoms. The topological polar surface area (TPSA) is 38.0 Å². The van der Waals surface area contributed by atoms with Gasteiger partial charge in [0.15, 0.2) is 0 Å². The van der Waals surface area contributed by atoms with Crippen LogP contribution in [-0.4, -0.2) is 12.2 Å². The molecule has 0 radical (unpaired) electrons. The Balaban J connectivity index is 1.49. The molecule has 3 fully saturated rings. The fourth-order valence-corrected chi connectivity index (χ4v) is 4.84. The van der Waals surface area contributed by atoms with Crippen LogP contribution in [0.2, 0.25) is 0 Å². The van der Waals surface area contributed by atoms with Gasteiger partial charge in [0.05, 0.1) is 0 Å². The first kappa shape index (κ1) is 12.7. The molecule has 5 atom stereocenters. The minimum Gasteiger partial charge on any atom is -0.271 e. The third-order valence-electron chi connectivity index (χ3n) is 5.45. The van der Waals surface area contributed by atoms with Crippen molar-refractivity contribution < 1.29 is 13.2 Å². The molecule has 3 aliphatic carbocycles. The Labute approximate surface area is 105 Å². The zero-order valence-corrected chi connectivity index (χ0v) is 10.4. The number of hydrogen-bond acceptors (Lipinski definition) is 2. The summed E-state index contributed by atoms with van der Waals surface area (Å²) in [7, 11) is 0. The first-order valence-corrected chi connectivity index (χ1v) is 7.04. The molecule has 2 bridgehead atoms. The second kappa shape index (κ2) is 4.37. The predicted molar refractivity (Wildman–Crippen MR) is 62.3 cm³/mol. The van der Waals surface area contributed by atoms with Gasteiger partial charge in [-0.25, -0.2) is 0 Å². The van der Waals surface area contributed by atoms with Gasteiger partial charge in [-0.15, -0.1) is 0 Å². The maximum absolute atomic E-state index is 12.1. The zero-order chi connectivity index (χ0) is 12.9. The van der Waals surface area contributed by atoms with Crippen LogP contribution in [0.5, 0.6) is 0 Å². The number of alkyl halides is 3. The molecular weight excluding hydrogens is 241 g/mol. The van der Waals surface area contributed by atoms with E-state index in [1.54, 1.807) is 0 Å². The van der Waals surface area contributed by atoms with Gasteiger partial charge in [0.2, 0.25) is 0 Å². The molecule has 0 saturated heterocycles. The fraction of sp³-hybridized carbons (Fsp3) is 1.00. The van der Waals surface area contributed by atoms with Gasteiger partial charge in [0.25, 0.3) is 0 Å². The minimum atomic E-state index is -4.03. The van der Waals surface area contributed by atoms with E-state index in [4.69, 9.17) is 5.84 Å². The van der Waals surface area contributed by atoms with E-state index in [0.29, 0.717) is 12.3 Å². The monoisotopic (exact) mass is 262 g/mol. The highest BCUT2D eigenvalue weighted by Crippen LogP contribution is 2.70. The molecule has 0 aromatic heterocycles. The summed E-state index contributed by atoms with van der Waals surface area (Å²) >= 11 is 0. The minimum absolute atomic E-state index is 0.103. The molecule has 3 saturated carbocycles. The normalized spacial score (nSPS) is 43.0. The maximum Gasteiger partial charge on any atom is 0.389 e. The maximum atomic E-state index is 12.1. The first-order chi connectivity index (χ1) is 8.51. The smallest absolute Gasteiger partial charge is 0.271 e. The second-order valence-corrected chi connectivity index (χ2v) is 6.35. The Kier molecular flexibility index (Phi) is 3.09. The van der Waals surface area contributed by atoms with E-state index in [9.17, 15) is 13.2 Å². The molecule has 3 rings (SSSR count). The summed E-state index contributed by atoms with van der Waals surface area (Å²) in [5.41, 5.74) is 2.78. The number of nitrogens with two attached hydrogens (primary N) is 1. The average Bonchev–Trinajstić information content (AvgIpc) is 2.72. The molecule has 0 amide bonds. The summed E-state index contributed by atoms with van der Waals surface area (Å²) in [4.78, 5) is 0. The van der Waals surface area contributed by atoms with Crippen LogP contribution in [0.15, 0.2) is 0 Å². The summed E-state index contributed by atoms with van der Waals surface area (Å²) in [6, 6.07) is 0.103. The van der Waals surface area contributed by atoms with Gasteiger partial charge < -0.3 is 0 Å². The lowest BCUT2D eigenvalue weighted by atomic mass is 9.95. The van der Waals surface area contributed by atoms with E-state index in [2.05, 4.69) is 5.43 Å². The molecule has 18 heavy (non-hydrogen) atoms. The molecule has 0 aromatic carbocycles. The molecule has 3 N–H and O–H groups in total. The van der Waals surface area contributed by atoms with Crippen molar-refractivity contribution in [2.24, 2.45) is 35.4 Å². The largest absolute Gasteiger partial charge is 0.389 e. The second-order valence-electron chi connectivity index (χ2n) is 6.35. The van der Waals surface area contributed by atoms with Crippen LogP contribution in [0.3, 0.4) is 0 Å². The molecule has 104 valence electrons. The molecule has 3 aliphatic rings. The van der Waals surface area contributed by atoms with Crippen molar-refractivity contribution in [2.75, 3.05) is 0 Å². The van der Waals surface area contributed by atoms with Crippen LogP contribution in [-0.2, 0) is 0 Å². The Morgan fingerprint density at radius 3 is 2.28 bits per heavy atom. The Morgan fingerprint density at radius 2 is 1.78 bits per heavy atom. The van der Waals surface area contributed by atoms with Crippen LogP contribution < -0.4 is 11.3 Å². The van der Waals surface area contributed by atoms with Crippen molar-refractivity contribution in [2.45, 2.75) is 50.7 Å².